The minimum absolute atomic E-state index is 0.915. The zero-order valence-electron chi connectivity index (χ0n) is 5.45. The van der Waals surface area contributed by atoms with Gasteiger partial charge in [0.15, 0.2) is 0 Å². The fourth-order valence-corrected chi connectivity index (χ4v) is 2.81. The van der Waals surface area contributed by atoms with Crippen molar-refractivity contribution in [2.75, 3.05) is 5.75 Å². The molecule has 0 nitrogen and oxygen atoms in total. The molecule has 3 heteroatoms. The van der Waals surface area contributed by atoms with Gasteiger partial charge >= 0.3 is 0 Å². The molecular weight excluding hydrogens is 200 g/mol. The Morgan fingerprint density at radius 1 is 1.50 bits per heavy atom. The van der Waals surface area contributed by atoms with E-state index >= 15 is 0 Å². The van der Waals surface area contributed by atoms with Crippen molar-refractivity contribution >= 4 is 34.6 Å². The largest absolute Gasteiger partial charge is 0.179 e. The maximum Gasteiger partial charge on any atom is 0.124 e. The molecule has 0 aliphatic rings. The Morgan fingerprint density at radius 2 is 2.00 bits per heavy atom. The molecule has 0 atom stereocenters. The average Bonchev–Trinajstić information content (AvgIpc) is 1.59. The molecule has 0 aliphatic carbocycles. The first-order chi connectivity index (χ1) is 3.56. The minimum Gasteiger partial charge on any atom is -0.179 e. The van der Waals surface area contributed by atoms with Gasteiger partial charge in [-0.25, -0.2) is 0 Å². The van der Waals surface area contributed by atoms with Crippen LogP contribution in [0.3, 0.4) is 0 Å². The molecule has 0 saturated heterocycles. The van der Waals surface area contributed by atoms with E-state index in [1.807, 2.05) is 0 Å². The second-order valence-corrected chi connectivity index (χ2v) is 13.4. The first kappa shape index (κ1) is 9.05. The third-order valence-corrected chi connectivity index (χ3v) is 3.98. The van der Waals surface area contributed by atoms with Crippen LogP contribution < -0.4 is 0 Å². The third kappa shape index (κ3) is 7.05. The SMILES string of the molecule is C[Si](C)(Br)CCCS. The van der Waals surface area contributed by atoms with E-state index in [1.54, 1.807) is 0 Å². The van der Waals surface area contributed by atoms with E-state index in [9.17, 15) is 0 Å². The molecule has 0 heterocycles. The van der Waals surface area contributed by atoms with Gasteiger partial charge in [0, 0.05) is 0 Å². The van der Waals surface area contributed by atoms with Gasteiger partial charge in [-0.05, 0) is 18.2 Å². The molecule has 0 aromatic rings. The number of rotatable bonds is 3. The van der Waals surface area contributed by atoms with Crippen LogP contribution in [0.1, 0.15) is 6.42 Å². The Balaban J connectivity index is 3.11. The normalized spacial score (nSPS) is 12.0. The van der Waals surface area contributed by atoms with Gasteiger partial charge < -0.3 is 0 Å². The highest BCUT2D eigenvalue weighted by Crippen LogP contribution is 2.18. The highest BCUT2D eigenvalue weighted by Gasteiger charge is 2.13. The second-order valence-electron chi connectivity index (χ2n) is 2.55. The van der Waals surface area contributed by atoms with Crippen LogP contribution in [0.4, 0.5) is 0 Å². The molecule has 50 valence electrons. The molecular formula is C5H13BrSSi. The van der Waals surface area contributed by atoms with Gasteiger partial charge in [-0.2, -0.15) is 12.6 Å². The first-order valence-corrected chi connectivity index (χ1v) is 8.96. The fraction of sp³-hybridized carbons (Fsp3) is 1.00. The molecule has 0 amide bonds. The Kier molecular flexibility index (Phi) is 4.48. The quantitative estimate of drug-likeness (QED) is 0.416. The lowest BCUT2D eigenvalue weighted by atomic mass is 10.6. The Bertz CT molecular complexity index is 59.9. The van der Waals surface area contributed by atoms with E-state index in [4.69, 9.17) is 0 Å². The highest BCUT2D eigenvalue weighted by molar-refractivity contribution is 9.26. The van der Waals surface area contributed by atoms with Crippen LogP contribution in [0.25, 0.3) is 0 Å². The van der Waals surface area contributed by atoms with Gasteiger partial charge in [-0.3, -0.25) is 0 Å². The van der Waals surface area contributed by atoms with Gasteiger partial charge in [0.1, 0.15) is 6.69 Å². The summed E-state index contributed by atoms with van der Waals surface area (Å²) in [7, 11) is 0. The second kappa shape index (κ2) is 3.96. The lowest BCUT2D eigenvalue weighted by Gasteiger charge is -2.10. The van der Waals surface area contributed by atoms with E-state index in [-0.39, 0.29) is 0 Å². The van der Waals surface area contributed by atoms with Gasteiger partial charge in [0.2, 0.25) is 0 Å². The van der Waals surface area contributed by atoms with Crippen LogP contribution in [0.15, 0.2) is 0 Å². The van der Waals surface area contributed by atoms with Crippen molar-refractivity contribution < 1.29 is 0 Å². The summed E-state index contributed by atoms with van der Waals surface area (Å²) in [5.74, 6) is 1.03. The highest BCUT2D eigenvalue weighted by atomic mass is 79.9. The third-order valence-electron chi connectivity index (χ3n) is 0.929. The smallest absolute Gasteiger partial charge is 0.124 e. The van der Waals surface area contributed by atoms with Crippen LogP contribution >= 0.6 is 27.9 Å². The van der Waals surface area contributed by atoms with Crippen molar-refractivity contribution in [1.82, 2.24) is 0 Å². The van der Waals surface area contributed by atoms with E-state index in [2.05, 4.69) is 41.0 Å². The standard InChI is InChI=1S/C5H13BrSSi/c1-8(2,6)5-3-4-7/h7H,3-5H2,1-2H3. The first-order valence-electron chi connectivity index (χ1n) is 2.86. The maximum absolute atomic E-state index is 4.13. The molecule has 0 fully saturated rings. The minimum atomic E-state index is -0.915. The Hall–Kier alpha value is 1.05. The van der Waals surface area contributed by atoms with E-state index in [0.717, 1.165) is 5.75 Å². The molecule has 0 radical (unpaired) electrons. The summed E-state index contributed by atoms with van der Waals surface area (Å²) in [5.41, 5.74) is 0. The summed E-state index contributed by atoms with van der Waals surface area (Å²) < 4.78 is 0. The molecule has 0 aromatic carbocycles. The van der Waals surface area contributed by atoms with Crippen molar-refractivity contribution in [1.29, 1.82) is 0 Å². The predicted molar refractivity (Wildman–Crippen MR) is 49.7 cm³/mol. The van der Waals surface area contributed by atoms with Gasteiger partial charge in [-0.15, -0.1) is 15.3 Å². The molecule has 0 rings (SSSR count). The molecule has 0 saturated carbocycles. The number of hydrogen-bond donors (Lipinski definition) is 1. The van der Waals surface area contributed by atoms with Crippen LogP contribution in [0.5, 0.6) is 0 Å². The molecule has 0 unspecified atom stereocenters. The number of halogens is 1. The summed E-state index contributed by atoms with van der Waals surface area (Å²) in [6.45, 7) is 3.72. The van der Waals surface area contributed by atoms with Crippen molar-refractivity contribution in [2.24, 2.45) is 0 Å². The summed E-state index contributed by atoms with van der Waals surface area (Å²) in [6, 6.07) is 1.34. The molecule has 0 aliphatic heterocycles. The van der Waals surface area contributed by atoms with Crippen molar-refractivity contribution in [3.8, 4) is 0 Å². The summed E-state index contributed by atoms with van der Waals surface area (Å²) in [5, 5.41) is 0. The summed E-state index contributed by atoms with van der Waals surface area (Å²) >= 11 is 7.82. The Labute approximate surface area is 66.1 Å². The lowest BCUT2D eigenvalue weighted by molar-refractivity contribution is 1.08. The van der Waals surface area contributed by atoms with Gasteiger partial charge in [0.25, 0.3) is 0 Å². The summed E-state index contributed by atoms with van der Waals surface area (Å²) in [4.78, 5) is 0. The van der Waals surface area contributed by atoms with Crippen LogP contribution in [-0.4, -0.2) is 12.4 Å². The topological polar surface area (TPSA) is 0 Å². The predicted octanol–water partition coefficient (Wildman–Crippen LogP) is 2.91. The fourth-order valence-electron chi connectivity index (χ4n) is 0.499. The van der Waals surface area contributed by atoms with Crippen molar-refractivity contribution in [3.63, 3.8) is 0 Å². The van der Waals surface area contributed by atoms with Crippen molar-refractivity contribution in [2.45, 2.75) is 25.6 Å². The van der Waals surface area contributed by atoms with E-state index in [1.165, 1.54) is 12.5 Å². The number of hydrogen-bond acceptors (Lipinski definition) is 1. The lowest BCUT2D eigenvalue weighted by Crippen LogP contribution is -2.14. The molecule has 0 N–H and O–H groups in total. The van der Waals surface area contributed by atoms with Crippen LogP contribution in [-0.2, 0) is 0 Å². The molecule has 0 aromatic heterocycles. The average molecular weight is 213 g/mol. The summed E-state index contributed by atoms with van der Waals surface area (Å²) in [6.07, 6.45) is 1.26. The number of thiol groups is 1. The zero-order chi connectivity index (χ0) is 6.62. The van der Waals surface area contributed by atoms with Crippen LogP contribution in [0.2, 0.25) is 19.1 Å². The monoisotopic (exact) mass is 212 g/mol. The Morgan fingerprint density at radius 3 is 2.12 bits per heavy atom. The van der Waals surface area contributed by atoms with Gasteiger partial charge in [-0.1, -0.05) is 13.1 Å². The molecule has 0 spiro atoms. The van der Waals surface area contributed by atoms with Crippen molar-refractivity contribution in [3.05, 3.63) is 0 Å². The molecule has 8 heavy (non-hydrogen) atoms. The molecule has 0 bridgehead atoms. The van der Waals surface area contributed by atoms with Crippen LogP contribution in [0, 0.1) is 0 Å². The van der Waals surface area contributed by atoms with Gasteiger partial charge in [0.05, 0.1) is 0 Å². The maximum atomic E-state index is 4.13. The van der Waals surface area contributed by atoms with E-state index < -0.39 is 6.69 Å². The van der Waals surface area contributed by atoms with E-state index in [0.29, 0.717) is 0 Å². The zero-order valence-corrected chi connectivity index (χ0v) is 8.93.